The Balaban J connectivity index is 1.10. The lowest BCUT2D eigenvalue weighted by Gasteiger charge is -2.19. The van der Waals surface area contributed by atoms with E-state index in [1.54, 1.807) is 30.0 Å². The molecule has 0 fully saturated rings. The van der Waals surface area contributed by atoms with Crippen molar-refractivity contribution in [2.75, 3.05) is 24.3 Å². The van der Waals surface area contributed by atoms with E-state index < -0.39 is 11.7 Å². The molecule has 3 N–H and O–H groups in total. The van der Waals surface area contributed by atoms with Crippen molar-refractivity contribution in [3.63, 3.8) is 0 Å². The van der Waals surface area contributed by atoms with Gasteiger partial charge in [-0.05, 0) is 114 Å². The van der Waals surface area contributed by atoms with Crippen LogP contribution in [0.2, 0.25) is 0 Å². The molecule has 2 aromatic heterocycles. The van der Waals surface area contributed by atoms with Gasteiger partial charge in [0.15, 0.2) is 0 Å². The minimum Gasteiger partial charge on any atom is -0.497 e. The highest BCUT2D eigenvalue weighted by molar-refractivity contribution is 9.10. The van der Waals surface area contributed by atoms with E-state index in [-0.39, 0.29) is 5.91 Å². The van der Waals surface area contributed by atoms with Gasteiger partial charge in [-0.15, -0.1) is 0 Å². The van der Waals surface area contributed by atoms with Gasteiger partial charge < -0.3 is 25.4 Å². The van der Waals surface area contributed by atoms with Gasteiger partial charge >= 0.3 is 6.09 Å². The van der Waals surface area contributed by atoms with E-state index in [0.717, 1.165) is 49.4 Å². The molecule has 2 heterocycles. The topological polar surface area (TPSA) is 119 Å². The van der Waals surface area contributed by atoms with Gasteiger partial charge in [0.05, 0.1) is 29.0 Å². The number of nitrogens with one attached hydrogen (secondary N) is 3. The summed E-state index contributed by atoms with van der Waals surface area (Å²) in [5.41, 5.74) is 7.15. The van der Waals surface area contributed by atoms with Crippen LogP contribution in [0, 0.1) is 0 Å². The summed E-state index contributed by atoms with van der Waals surface area (Å²) in [5, 5.41) is 13.6. The van der Waals surface area contributed by atoms with E-state index in [9.17, 15) is 9.59 Å². The molecule has 0 radical (unpaired) electrons. The van der Waals surface area contributed by atoms with Crippen molar-refractivity contribution in [3.05, 3.63) is 125 Å². The quantitative estimate of drug-likeness (QED) is 0.129. The molecule has 0 saturated carbocycles. The molecule has 10 nitrogen and oxygen atoms in total. The van der Waals surface area contributed by atoms with E-state index in [0.29, 0.717) is 30.2 Å². The molecule has 0 aliphatic heterocycles. The number of anilines is 3. The number of halogens is 1. The Bertz CT molecular complexity index is 2120. The number of alkyl carbamates (subject to hydrolysis) is 1. The molecule has 6 rings (SSSR count). The highest BCUT2D eigenvalue weighted by atomic mass is 79.9. The van der Waals surface area contributed by atoms with Crippen LogP contribution in [0.15, 0.2) is 114 Å². The van der Waals surface area contributed by atoms with Crippen LogP contribution >= 0.6 is 15.9 Å². The summed E-state index contributed by atoms with van der Waals surface area (Å²) in [5.74, 6) is 1.13. The van der Waals surface area contributed by atoms with Gasteiger partial charge in [-0.1, -0.05) is 48.5 Å². The average molecular weight is 734 g/mol. The molecule has 254 valence electrons. The molecule has 0 bridgehead atoms. The molecule has 0 aliphatic carbocycles. The molecule has 0 unspecified atom stereocenters. The number of aromatic nitrogens is 3. The number of hydrogen-bond donors (Lipinski definition) is 3. The summed E-state index contributed by atoms with van der Waals surface area (Å²) in [7, 11) is 1.66. The summed E-state index contributed by atoms with van der Waals surface area (Å²) >= 11 is 3.62. The first-order chi connectivity index (χ1) is 24.0. The fourth-order valence-corrected chi connectivity index (χ4v) is 5.61. The number of benzene rings is 4. The Morgan fingerprint density at radius 3 is 2.24 bits per heavy atom. The van der Waals surface area contributed by atoms with E-state index in [4.69, 9.17) is 14.5 Å². The highest BCUT2D eigenvalue weighted by Crippen LogP contribution is 2.30. The zero-order valence-electron chi connectivity index (χ0n) is 28.2. The average Bonchev–Trinajstić information content (AvgIpc) is 3.49. The second kappa shape index (κ2) is 14.8. The van der Waals surface area contributed by atoms with E-state index in [1.807, 2.05) is 81.4 Å². The number of hydrogen-bond acceptors (Lipinski definition) is 7. The molecule has 0 atom stereocenters. The molecule has 0 aliphatic rings. The summed E-state index contributed by atoms with van der Waals surface area (Å²) in [6.07, 6.45) is 1.91. The number of fused-ring (bicyclic) bond motifs is 1. The van der Waals surface area contributed by atoms with Crippen molar-refractivity contribution >= 4 is 50.8 Å². The number of carbonyl (C=O) groups is 2. The third-order valence-corrected chi connectivity index (χ3v) is 8.35. The second-order valence-electron chi connectivity index (χ2n) is 12.6. The lowest BCUT2D eigenvalue weighted by Crippen LogP contribution is -2.33. The van der Waals surface area contributed by atoms with Crippen LogP contribution in [0.5, 0.6) is 5.75 Å². The van der Waals surface area contributed by atoms with Crippen LogP contribution in [0.25, 0.3) is 27.9 Å². The Morgan fingerprint density at radius 1 is 0.840 bits per heavy atom. The van der Waals surface area contributed by atoms with Crippen molar-refractivity contribution in [1.29, 1.82) is 0 Å². The van der Waals surface area contributed by atoms with E-state index in [1.165, 1.54) is 0 Å². The Labute approximate surface area is 299 Å². The van der Waals surface area contributed by atoms with Gasteiger partial charge in [0, 0.05) is 29.0 Å². The van der Waals surface area contributed by atoms with Gasteiger partial charge in [-0.25, -0.2) is 9.78 Å². The van der Waals surface area contributed by atoms with Crippen LogP contribution in [0.4, 0.5) is 22.1 Å². The minimum absolute atomic E-state index is 0.223. The SMILES string of the molecule is COc1cccc(-c2ccc(-c3cc4c(Br)cnn4c(Nc4ccc(NC(=O)c5ccc(CCNC(=O)OC(C)(C)C)cc5)cc4)n3)cc2)c1. The maximum atomic E-state index is 13.0. The lowest BCUT2D eigenvalue weighted by molar-refractivity contribution is 0.0528. The molecule has 4 aromatic carbocycles. The number of carbonyl (C=O) groups excluding carboxylic acids is 2. The zero-order valence-corrected chi connectivity index (χ0v) is 29.7. The molecule has 0 saturated heterocycles. The third kappa shape index (κ3) is 8.48. The maximum absolute atomic E-state index is 13.0. The normalized spacial score (nSPS) is 11.2. The summed E-state index contributed by atoms with van der Waals surface area (Å²) in [6.45, 7) is 5.90. The minimum atomic E-state index is -0.544. The Morgan fingerprint density at radius 2 is 1.54 bits per heavy atom. The number of ether oxygens (including phenoxy) is 2. The van der Waals surface area contributed by atoms with Crippen LogP contribution in [-0.2, 0) is 11.2 Å². The maximum Gasteiger partial charge on any atom is 0.407 e. The van der Waals surface area contributed by atoms with Gasteiger partial charge in [-0.3, -0.25) is 4.79 Å². The number of rotatable bonds is 10. The van der Waals surface area contributed by atoms with E-state index >= 15 is 0 Å². The first-order valence-corrected chi connectivity index (χ1v) is 16.9. The van der Waals surface area contributed by atoms with Crippen LogP contribution in [0.1, 0.15) is 36.7 Å². The highest BCUT2D eigenvalue weighted by Gasteiger charge is 2.16. The summed E-state index contributed by atoms with van der Waals surface area (Å²) < 4.78 is 13.2. The fourth-order valence-electron chi connectivity index (χ4n) is 5.24. The van der Waals surface area contributed by atoms with E-state index in [2.05, 4.69) is 67.3 Å². The van der Waals surface area contributed by atoms with Crippen LogP contribution in [0.3, 0.4) is 0 Å². The first kappa shape index (κ1) is 34.2. The first-order valence-electron chi connectivity index (χ1n) is 16.1. The Kier molecular flexibility index (Phi) is 10.1. The van der Waals surface area contributed by atoms with Gasteiger partial charge in [-0.2, -0.15) is 9.61 Å². The molecule has 0 spiro atoms. The standard InChI is InChI=1S/C39H37BrN6O4/c1-39(2,3)50-38(48)41-21-20-25-8-10-28(11-9-25)36(47)43-30-16-18-31(19-17-30)44-37-45-34(23-35-33(40)24-42-46(35)37)27-14-12-26(13-15-27)29-6-5-7-32(22-29)49-4/h5-19,22-24H,20-21H2,1-4H3,(H,41,48)(H,43,47)(H,44,45). The summed E-state index contributed by atoms with van der Waals surface area (Å²) in [6, 6.07) is 32.9. The number of amides is 2. The number of nitrogens with zero attached hydrogens (tertiary/aromatic N) is 3. The van der Waals surface area contributed by atoms with Crippen molar-refractivity contribution in [3.8, 4) is 28.1 Å². The largest absolute Gasteiger partial charge is 0.497 e. The van der Waals surface area contributed by atoms with Gasteiger partial charge in [0.1, 0.15) is 11.4 Å². The van der Waals surface area contributed by atoms with Crippen molar-refractivity contribution in [2.24, 2.45) is 0 Å². The molecule has 11 heteroatoms. The monoisotopic (exact) mass is 732 g/mol. The molecular formula is C39H37BrN6O4. The van der Waals surface area contributed by atoms with Crippen molar-refractivity contribution in [1.82, 2.24) is 19.9 Å². The predicted octanol–water partition coefficient (Wildman–Crippen LogP) is 8.90. The predicted molar refractivity (Wildman–Crippen MR) is 200 cm³/mol. The van der Waals surface area contributed by atoms with Crippen molar-refractivity contribution in [2.45, 2.75) is 32.8 Å². The van der Waals surface area contributed by atoms with Crippen LogP contribution < -0.4 is 20.7 Å². The molecule has 6 aromatic rings. The smallest absolute Gasteiger partial charge is 0.407 e. The van der Waals surface area contributed by atoms with Crippen LogP contribution in [-0.4, -0.2) is 45.9 Å². The van der Waals surface area contributed by atoms with Crippen molar-refractivity contribution < 1.29 is 19.1 Å². The number of methoxy groups -OCH3 is 1. The molecule has 2 amide bonds. The zero-order chi connectivity index (χ0) is 35.3. The summed E-state index contributed by atoms with van der Waals surface area (Å²) in [4.78, 5) is 29.7. The lowest BCUT2D eigenvalue weighted by atomic mass is 10.0. The van der Waals surface area contributed by atoms with Gasteiger partial charge in [0.25, 0.3) is 5.91 Å². The second-order valence-corrected chi connectivity index (χ2v) is 13.5. The molecular weight excluding hydrogens is 696 g/mol. The van der Waals surface area contributed by atoms with Gasteiger partial charge in [0.2, 0.25) is 5.95 Å². The fraction of sp³-hybridized carbons (Fsp3) is 0.179. The molecule has 50 heavy (non-hydrogen) atoms. The Hall–Kier alpha value is -5.68. The third-order valence-electron chi connectivity index (χ3n) is 7.74.